The summed E-state index contributed by atoms with van der Waals surface area (Å²) in [7, 11) is 0. The first kappa shape index (κ1) is 14.9. The zero-order valence-corrected chi connectivity index (χ0v) is 14.2. The molecule has 3 aromatic rings. The van der Waals surface area contributed by atoms with Crippen LogP contribution in [-0.2, 0) is 0 Å². The smallest absolute Gasteiger partial charge is 0.157 e. The van der Waals surface area contributed by atoms with E-state index in [1.807, 2.05) is 49.6 Å². The number of nitrogens with one attached hydrogen (secondary N) is 1. The molecule has 3 aromatic heterocycles. The van der Waals surface area contributed by atoms with E-state index in [2.05, 4.69) is 30.5 Å². The van der Waals surface area contributed by atoms with Crippen LogP contribution in [0.1, 0.15) is 17.1 Å². The molecule has 24 heavy (non-hydrogen) atoms. The Hall–Kier alpha value is -2.70. The lowest BCUT2D eigenvalue weighted by Gasteiger charge is -2.40. The van der Waals surface area contributed by atoms with Crippen molar-refractivity contribution in [2.24, 2.45) is 5.92 Å². The minimum absolute atomic E-state index is 0.591. The van der Waals surface area contributed by atoms with Gasteiger partial charge in [-0.1, -0.05) is 0 Å². The van der Waals surface area contributed by atoms with E-state index in [9.17, 15) is 0 Å². The van der Waals surface area contributed by atoms with Crippen LogP contribution in [0.5, 0.6) is 0 Å². The third kappa shape index (κ3) is 2.77. The summed E-state index contributed by atoms with van der Waals surface area (Å²) < 4.78 is 1.88. The van der Waals surface area contributed by atoms with E-state index in [4.69, 9.17) is 0 Å². The average Bonchev–Trinajstić information content (AvgIpc) is 2.87. The SMILES string of the molecule is Cc1ccc(N2CC(CNc3cc(C)nc4cc(C)nn34)C2)nn1. The van der Waals surface area contributed by atoms with Crippen LogP contribution in [0.3, 0.4) is 0 Å². The van der Waals surface area contributed by atoms with Gasteiger partial charge >= 0.3 is 0 Å². The van der Waals surface area contributed by atoms with Gasteiger partial charge in [-0.3, -0.25) is 0 Å². The summed E-state index contributed by atoms with van der Waals surface area (Å²) in [5, 5.41) is 16.4. The maximum atomic E-state index is 4.51. The van der Waals surface area contributed by atoms with Gasteiger partial charge in [-0.15, -0.1) is 5.10 Å². The molecule has 1 saturated heterocycles. The van der Waals surface area contributed by atoms with Gasteiger partial charge in [0.15, 0.2) is 11.5 Å². The first-order valence-corrected chi connectivity index (χ1v) is 8.21. The highest BCUT2D eigenvalue weighted by Gasteiger charge is 2.27. The molecule has 1 aliphatic heterocycles. The number of nitrogens with zero attached hydrogens (tertiary/aromatic N) is 6. The van der Waals surface area contributed by atoms with Crippen LogP contribution < -0.4 is 10.2 Å². The lowest BCUT2D eigenvalue weighted by atomic mass is 10.0. The Morgan fingerprint density at radius 2 is 1.88 bits per heavy atom. The van der Waals surface area contributed by atoms with Crippen molar-refractivity contribution in [3.8, 4) is 0 Å². The van der Waals surface area contributed by atoms with Crippen LogP contribution in [0.2, 0.25) is 0 Å². The van der Waals surface area contributed by atoms with Crippen molar-refractivity contribution in [2.45, 2.75) is 20.8 Å². The number of rotatable bonds is 4. The molecule has 1 N–H and O–H groups in total. The van der Waals surface area contributed by atoms with Gasteiger partial charge in [-0.25, -0.2) is 4.98 Å². The van der Waals surface area contributed by atoms with E-state index in [1.54, 1.807) is 0 Å². The maximum absolute atomic E-state index is 4.51. The highest BCUT2D eigenvalue weighted by atomic mass is 15.3. The predicted molar refractivity (Wildman–Crippen MR) is 93.4 cm³/mol. The standard InChI is InChI=1S/C17H21N7/c1-11-4-5-15(21-20-11)23-9-14(10-23)8-18-16-6-12(2)19-17-7-13(3)22-24(16)17/h4-7,14,18H,8-10H2,1-3H3. The number of aryl methyl sites for hydroxylation is 3. The number of hydrogen-bond acceptors (Lipinski definition) is 6. The van der Waals surface area contributed by atoms with E-state index in [-0.39, 0.29) is 0 Å². The summed E-state index contributed by atoms with van der Waals surface area (Å²) in [4.78, 5) is 6.77. The van der Waals surface area contributed by atoms with E-state index >= 15 is 0 Å². The Kier molecular flexibility index (Phi) is 3.55. The molecule has 0 atom stereocenters. The molecule has 0 bridgehead atoms. The molecule has 0 aliphatic carbocycles. The van der Waals surface area contributed by atoms with Crippen LogP contribution in [-0.4, -0.2) is 44.4 Å². The summed E-state index contributed by atoms with van der Waals surface area (Å²) in [6.07, 6.45) is 0. The van der Waals surface area contributed by atoms with Gasteiger partial charge in [-0.2, -0.15) is 14.7 Å². The van der Waals surface area contributed by atoms with Crippen molar-refractivity contribution < 1.29 is 0 Å². The molecule has 0 unspecified atom stereocenters. The molecule has 7 nitrogen and oxygen atoms in total. The second kappa shape index (κ2) is 5.74. The van der Waals surface area contributed by atoms with E-state index in [1.165, 1.54) is 0 Å². The van der Waals surface area contributed by atoms with Crippen LogP contribution in [0.25, 0.3) is 5.65 Å². The fourth-order valence-electron chi connectivity index (χ4n) is 3.04. The summed E-state index contributed by atoms with van der Waals surface area (Å²) >= 11 is 0. The van der Waals surface area contributed by atoms with Crippen molar-refractivity contribution in [1.29, 1.82) is 0 Å². The highest BCUT2D eigenvalue weighted by Crippen LogP contribution is 2.23. The zero-order chi connectivity index (χ0) is 16.7. The fourth-order valence-corrected chi connectivity index (χ4v) is 3.04. The first-order chi connectivity index (χ1) is 11.6. The molecule has 4 rings (SSSR count). The van der Waals surface area contributed by atoms with Gasteiger partial charge in [-0.05, 0) is 32.9 Å². The summed E-state index contributed by atoms with van der Waals surface area (Å²) in [6, 6.07) is 8.08. The third-order valence-electron chi connectivity index (χ3n) is 4.31. The molecule has 124 valence electrons. The van der Waals surface area contributed by atoms with Gasteiger partial charge in [0.2, 0.25) is 0 Å². The Labute approximate surface area is 140 Å². The monoisotopic (exact) mass is 323 g/mol. The minimum Gasteiger partial charge on any atom is -0.369 e. The second-order valence-corrected chi connectivity index (χ2v) is 6.52. The minimum atomic E-state index is 0.591. The van der Waals surface area contributed by atoms with Crippen LogP contribution in [0.15, 0.2) is 24.3 Å². The molecule has 7 heteroatoms. The van der Waals surface area contributed by atoms with Crippen LogP contribution >= 0.6 is 0 Å². The normalized spacial score (nSPS) is 14.9. The summed E-state index contributed by atoms with van der Waals surface area (Å²) in [6.45, 7) is 8.85. The van der Waals surface area contributed by atoms with E-state index in [0.717, 1.165) is 54.0 Å². The Morgan fingerprint density at radius 1 is 1.04 bits per heavy atom. The molecule has 1 aliphatic rings. The van der Waals surface area contributed by atoms with Crippen molar-refractivity contribution >= 4 is 17.3 Å². The molecule has 0 radical (unpaired) electrons. The highest BCUT2D eigenvalue weighted by molar-refractivity contribution is 5.50. The molecule has 0 spiro atoms. The quantitative estimate of drug-likeness (QED) is 0.792. The van der Waals surface area contributed by atoms with Gasteiger partial charge in [0.05, 0.1) is 11.4 Å². The number of fused-ring (bicyclic) bond motifs is 1. The van der Waals surface area contributed by atoms with Gasteiger partial charge in [0.1, 0.15) is 5.82 Å². The van der Waals surface area contributed by atoms with Crippen molar-refractivity contribution in [2.75, 3.05) is 29.9 Å². The van der Waals surface area contributed by atoms with Crippen LogP contribution in [0.4, 0.5) is 11.6 Å². The van der Waals surface area contributed by atoms with Gasteiger partial charge < -0.3 is 10.2 Å². The molecular formula is C17H21N7. The molecule has 4 heterocycles. The lowest BCUT2D eigenvalue weighted by Crippen LogP contribution is -2.50. The predicted octanol–water partition coefficient (Wildman–Crippen LogP) is 1.99. The third-order valence-corrected chi connectivity index (χ3v) is 4.31. The summed E-state index contributed by atoms with van der Waals surface area (Å²) in [5.41, 5.74) is 3.81. The van der Waals surface area contributed by atoms with Crippen molar-refractivity contribution in [1.82, 2.24) is 24.8 Å². The fraction of sp³-hybridized carbons (Fsp3) is 0.412. The molecule has 0 saturated carbocycles. The van der Waals surface area contributed by atoms with Crippen molar-refractivity contribution in [3.63, 3.8) is 0 Å². The van der Waals surface area contributed by atoms with Crippen LogP contribution in [0, 0.1) is 26.7 Å². The molecular weight excluding hydrogens is 302 g/mol. The second-order valence-electron chi connectivity index (χ2n) is 6.52. The molecule has 0 amide bonds. The van der Waals surface area contributed by atoms with Crippen molar-refractivity contribution in [3.05, 3.63) is 41.3 Å². The number of aromatic nitrogens is 5. The van der Waals surface area contributed by atoms with E-state index in [0.29, 0.717) is 5.92 Å². The molecule has 1 fully saturated rings. The summed E-state index contributed by atoms with van der Waals surface area (Å²) in [5.74, 6) is 2.55. The Morgan fingerprint density at radius 3 is 2.62 bits per heavy atom. The Bertz CT molecular complexity index is 863. The Balaban J connectivity index is 1.39. The topological polar surface area (TPSA) is 71.2 Å². The number of hydrogen-bond donors (Lipinski definition) is 1. The molecule has 0 aromatic carbocycles. The average molecular weight is 323 g/mol. The largest absolute Gasteiger partial charge is 0.369 e. The van der Waals surface area contributed by atoms with Gasteiger partial charge in [0.25, 0.3) is 0 Å². The first-order valence-electron chi connectivity index (χ1n) is 8.21. The lowest BCUT2D eigenvalue weighted by molar-refractivity contribution is 0.424. The number of anilines is 2. The van der Waals surface area contributed by atoms with E-state index < -0.39 is 0 Å². The zero-order valence-electron chi connectivity index (χ0n) is 14.2. The van der Waals surface area contributed by atoms with Gasteiger partial charge in [0, 0.05) is 43.4 Å². The maximum Gasteiger partial charge on any atom is 0.157 e.